The van der Waals surface area contributed by atoms with Gasteiger partial charge in [-0.05, 0) is 12.0 Å². The highest BCUT2D eigenvalue weighted by atomic mass is 35.5. The smallest absolute Gasteiger partial charge is 0.258 e. The molecule has 0 aliphatic carbocycles. The third-order valence-corrected chi connectivity index (χ3v) is 2.52. The molecule has 0 fully saturated rings. The summed E-state index contributed by atoms with van der Waals surface area (Å²) in [6.45, 7) is 0. The second-order valence-corrected chi connectivity index (χ2v) is 3.70. The zero-order valence-electron chi connectivity index (χ0n) is 7.32. The Morgan fingerprint density at radius 1 is 1.36 bits per heavy atom. The summed E-state index contributed by atoms with van der Waals surface area (Å²) in [5, 5.41) is 10.2. The van der Waals surface area contributed by atoms with Crippen molar-refractivity contribution >= 4 is 28.9 Å². The highest BCUT2D eigenvalue weighted by Gasteiger charge is 2.09. The summed E-state index contributed by atoms with van der Waals surface area (Å²) in [4.78, 5) is 9.92. The van der Waals surface area contributed by atoms with Gasteiger partial charge in [0.05, 0.1) is 10.3 Å². The number of rotatable bonds is 4. The predicted molar refractivity (Wildman–Crippen MR) is 57.0 cm³/mol. The highest BCUT2D eigenvalue weighted by molar-refractivity contribution is 6.22. The molecule has 0 aliphatic heterocycles. The van der Waals surface area contributed by atoms with Crippen molar-refractivity contribution in [1.82, 2.24) is 0 Å². The molecular weight excluding hydrogens is 225 g/mol. The number of alkyl halides is 2. The molecule has 1 aromatic carbocycles. The first-order valence-electron chi connectivity index (χ1n) is 4.09. The van der Waals surface area contributed by atoms with E-state index in [1.54, 1.807) is 12.1 Å². The lowest BCUT2D eigenvalue weighted by Gasteiger charge is -2.06. The Balaban J connectivity index is 2.77. The Bertz CT molecular complexity index is 313. The van der Waals surface area contributed by atoms with E-state index in [9.17, 15) is 10.1 Å². The Hall–Kier alpha value is -0.800. The van der Waals surface area contributed by atoms with Gasteiger partial charge < -0.3 is 0 Å². The van der Waals surface area contributed by atoms with Gasteiger partial charge in [-0.25, -0.2) is 0 Å². The van der Waals surface area contributed by atoms with Crippen LogP contribution in [-0.2, 0) is 0 Å². The van der Waals surface area contributed by atoms with Gasteiger partial charge in [0.1, 0.15) is 0 Å². The Morgan fingerprint density at radius 2 is 1.93 bits per heavy atom. The van der Waals surface area contributed by atoms with E-state index in [1.165, 1.54) is 12.1 Å². The molecule has 0 N–H and O–H groups in total. The average molecular weight is 234 g/mol. The first-order chi connectivity index (χ1) is 6.65. The van der Waals surface area contributed by atoms with Crippen molar-refractivity contribution in [3.63, 3.8) is 0 Å². The third kappa shape index (κ3) is 2.86. The van der Waals surface area contributed by atoms with Gasteiger partial charge in [-0.3, -0.25) is 10.1 Å². The molecule has 1 atom stereocenters. The SMILES string of the molecule is O=[N+]([O-])c1ccc(C(Cl)CCCl)cc1. The van der Waals surface area contributed by atoms with E-state index in [-0.39, 0.29) is 11.1 Å². The van der Waals surface area contributed by atoms with Gasteiger partial charge in [0.15, 0.2) is 0 Å². The van der Waals surface area contributed by atoms with Gasteiger partial charge in [0.2, 0.25) is 0 Å². The van der Waals surface area contributed by atoms with Crippen molar-refractivity contribution in [2.75, 3.05) is 5.88 Å². The van der Waals surface area contributed by atoms with Crippen LogP contribution < -0.4 is 0 Å². The molecule has 0 aliphatic rings. The van der Waals surface area contributed by atoms with Crippen LogP contribution in [0.5, 0.6) is 0 Å². The van der Waals surface area contributed by atoms with Crippen molar-refractivity contribution < 1.29 is 4.92 Å². The van der Waals surface area contributed by atoms with Crippen LogP contribution in [0.1, 0.15) is 17.4 Å². The predicted octanol–water partition coefficient (Wildman–Crippen LogP) is 3.50. The van der Waals surface area contributed by atoms with Gasteiger partial charge in [-0.1, -0.05) is 12.1 Å². The lowest BCUT2D eigenvalue weighted by molar-refractivity contribution is -0.384. The number of halogens is 2. The van der Waals surface area contributed by atoms with E-state index < -0.39 is 4.92 Å². The fraction of sp³-hybridized carbons (Fsp3) is 0.333. The molecular formula is C9H9Cl2NO2. The molecule has 0 radical (unpaired) electrons. The molecule has 76 valence electrons. The molecule has 14 heavy (non-hydrogen) atoms. The van der Waals surface area contributed by atoms with E-state index in [4.69, 9.17) is 23.2 Å². The molecule has 0 saturated carbocycles. The number of hydrogen-bond acceptors (Lipinski definition) is 2. The topological polar surface area (TPSA) is 43.1 Å². The summed E-state index contributed by atoms with van der Waals surface area (Å²) < 4.78 is 0. The highest BCUT2D eigenvalue weighted by Crippen LogP contribution is 2.26. The molecule has 5 heteroatoms. The van der Waals surface area contributed by atoms with Crippen LogP contribution in [0, 0.1) is 10.1 Å². The molecule has 0 bridgehead atoms. The molecule has 0 saturated heterocycles. The molecule has 1 aromatic rings. The minimum Gasteiger partial charge on any atom is -0.258 e. The number of non-ortho nitro benzene ring substituents is 1. The maximum Gasteiger partial charge on any atom is 0.269 e. The minimum atomic E-state index is -0.436. The maximum absolute atomic E-state index is 10.4. The minimum absolute atomic E-state index is 0.0727. The van der Waals surface area contributed by atoms with Crippen molar-refractivity contribution in [3.05, 3.63) is 39.9 Å². The Morgan fingerprint density at radius 3 is 2.36 bits per heavy atom. The molecule has 0 aromatic heterocycles. The molecule has 3 nitrogen and oxygen atoms in total. The van der Waals surface area contributed by atoms with Crippen molar-refractivity contribution in [3.8, 4) is 0 Å². The van der Waals surface area contributed by atoms with Gasteiger partial charge in [-0.15, -0.1) is 23.2 Å². The van der Waals surface area contributed by atoms with Gasteiger partial charge in [0.25, 0.3) is 5.69 Å². The third-order valence-electron chi connectivity index (χ3n) is 1.83. The van der Waals surface area contributed by atoms with E-state index in [1.807, 2.05) is 0 Å². The van der Waals surface area contributed by atoms with Crippen LogP contribution in [-0.4, -0.2) is 10.8 Å². The maximum atomic E-state index is 10.4. The van der Waals surface area contributed by atoms with Crippen molar-refractivity contribution in [1.29, 1.82) is 0 Å². The first kappa shape index (κ1) is 11.3. The normalized spacial score (nSPS) is 12.4. The summed E-state index contributed by atoms with van der Waals surface area (Å²) in [6.07, 6.45) is 0.654. The zero-order chi connectivity index (χ0) is 10.6. The molecule has 0 heterocycles. The Kier molecular flexibility index (Phi) is 4.17. The average Bonchev–Trinajstić information content (AvgIpc) is 2.18. The number of benzene rings is 1. The Labute approximate surface area is 91.8 Å². The zero-order valence-corrected chi connectivity index (χ0v) is 8.83. The molecule has 1 unspecified atom stereocenters. The lowest BCUT2D eigenvalue weighted by Crippen LogP contribution is -1.93. The second-order valence-electron chi connectivity index (χ2n) is 2.79. The summed E-state index contributed by atoms with van der Waals surface area (Å²) in [6, 6.07) is 6.20. The van der Waals surface area contributed by atoms with Gasteiger partial charge >= 0.3 is 0 Å². The largest absolute Gasteiger partial charge is 0.269 e. The van der Waals surface area contributed by atoms with E-state index >= 15 is 0 Å². The fourth-order valence-electron chi connectivity index (χ4n) is 1.07. The van der Waals surface area contributed by atoms with Crippen molar-refractivity contribution in [2.45, 2.75) is 11.8 Å². The summed E-state index contributed by atoms with van der Waals surface area (Å²) in [5.41, 5.74) is 0.932. The lowest BCUT2D eigenvalue weighted by atomic mass is 10.1. The number of nitro benzene ring substituents is 1. The molecule has 0 amide bonds. The number of nitrogens with zero attached hydrogens (tertiary/aromatic N) is 1. The number of hydrogen-bond donors (Lipinski definition) is 0. The van der Waals surface area contributed by atoms with E-state index in [2.05, 4.69) is 0 Å². The standard InChI is InChI=1S/C9H9Cl2NO2/c10-6-5-9(11)7-1-3-8(4-2-7)12(13)14/h1-4,9H,5-6H2. The van der Waals surface area contributed by atoms with Crippen LogP contribution in [0.4, 0.5) is 5.69 Å². The second kappa shape index (κ2) is 5.17. The summed E-state index contributed by atoms with van der Waals surface area (Å²) in [7, 11) is 0. The fourth-order valence-corrected chi connectivity index (χ4v) is 1.65. The van der Waals surface area contributed by atoms with Crippen LogP contribution in [0.25, 0.3) is 0 Å². The molecule has 1 rings (SSSR count). The van der Waals surface area contributed by atoms with E-state index in [0.29, 0.717) is 12.3 Å². The summed E-state index contributed by atoms with van der Waals surface area (Å²) >= 11 is 11.5. The molecule has 0 spiro atoms. The monoisotopic (exact) mass is 233 g/mol. The van der Waals surface area contributed by atoms with Crippen LogP contribution in [0.3, 0.4) is 0 Å². The summed E-state index contributed by atoms with van der Waals surface area (Å²) in [5.74, 6) is 0.477. The van der Waals surface area contributed by atoms with Crippen LogP contribution in [0.2, 0.25) is 0 Å². The van der Waals surface area contributed by atoms with Crippen LogP contribution >= 0.6 is 23.2 Å². The van der Waals surface area contributed by atoms with Gasteiger partial charge in [-0.2, -0.15) is 0 Å². The van der Waals surface area contributed by atoms with E-state index in [0.717, 1.165) is 5.56 Å². The number of nitro groups is 1. The quantitative estimate of drug-likeness (QED) is 0.454. The van der Waals surface area contributed by atoms with Crippen molar-refractivity contribution in [2.24, 2.45) is 0 Å². The van der Waals surface area contributed by atoms with Crippen LogP contribution in [0.15, 0.2) is 24.3 Å². The van der Waals surface area contributed by atoms with Gasteiger partial charge in [0, 0.05) is 18.0 Å². The first-order valence-corrected chi connectivity index (χ1v) is 5.06.